The number of aryl methyl sites for hydroxylation is 2. The lowest BCUT2D eigenvalue weighted by molar-refractivity contribution is -0.159. The molecule has 1 atom stereocenters. The summed E-state index contributed by atoms with van der Waals surface area (Å²) in [6.07, 6.45) is 6.31. The third kappa shape index (κ3) is 11.5. The fraction of sp³-hybridized carbons (Fsp3) is 0.412. The highest BCUT2D eigenvalue weighted by Gasteiger charge is 2.46. The lowest BCUT2D eigenvalue weighted by atomic mass is 9.78. The molecule has 0 spiro atoms. The summed E-state index contributed by atoms with van der Waals surface area (Å²) in [5.74, 6) is -3.99. The highest BCUT2D eigenvalue weighted by molar-refractivity contribution is 7.10. The standard InChI is InChI=1S/C51H53F3N10O7S/c52-51(53,54)48-58-43(60-71-48)34-15-11-16-35(29-34)44(66)55-32-50(49-56-38(31-72-49)33-13-5-4-6-14-33)22-26-62(27-23-50)24-9-7-17-36-30-63(61-59-36)25-8-2-1-3-10-28-70-40-19-12-18-37-42(40)47(69)64(46(37)68)39-20-21-41(65)57-45(39)67/h4-6,11-16,18-19,29-31,39H,1-3,7-10,17,20-28,32H2,(H,55,66)(H,57,65,67). The van der Waals surface area contributed by atoms with Crippen molar-refractivity contribution < 1.29 is 46.4 Å². The maximum Gasteiger partial charge on any atom is 0.471 e. The van der Waals surface area contributed by atoms with Crippen molar-refractivity contribution in [3.05, 3.63) is 118 Å². The number of fused-ring (bicyclic) bond motifs is 1. The quantitative estimate of drug-likeness (QED) is 0.0525. The summed E-state index contributed by atoms with van der Waals surface area (Å²) >= 11 is 1.59. The summed E-state index contributed by atoms with van der Waals surface area (Å²) in [6.45, 7) is 4.02. The number of imide groups is 2. The number of amides is 5. The molecule has 0 radical (unpaired) electrons. The van der Waals surface area contributed by atoms with Crippen LogP contribution in [0.25, 0.3) is 22.6 Å². The monoisotopic (exact) mass is 1010 g/mol. The van der Waals surface area contributed by atoms with Crippen molar-refractivity contribution in [2.24, 2.45) is 0 Å². The second kappa shape index (κ2) is 22.1. The normalized spacial score (nSPS) is 17.0. The number of hydrogen-bond acceptors (Lipinski definition) is 14. The number of piperidine rings is 2. The molecular weight excluding hydrogens is 954 g/mol. The van der Waals surface area contributed by atoms with Gasteiger partial charge >= 0.3 is 12.1 Å². The number of alkyl halides is 3. The Morgan fingerprint density at radius 2 is 1.64 bits per heavy atom. The lowest BCUT2D eigenvalue weighted by Crippen LogP contribution is -2.54. The summed E-state index contributed by atoms with van der Waals surface area (Å²) in [7, 11) is 0. The van der Waals surface area contributed by atoms with Crippen molar-refractivity contribution in [1.29, 1.82) is 0 Å². The number of benzene rings is 3. The minimum Gasteiger partial charge on any atom is -0.493 e. The van der Waals surface area contributed by atoms with Gasteiger partial charge in [0.1, 0.15) is 16.8 Å². The van der Waals surface area contributed by atoms with E-state index in [0.29, 0.717) is 18.9 Å². The SMILES string of the molecule is O=C1CCC(N2C(=O)c3cccc(OCCCCCCCn4cc(CCCCN5CCC(CNC(=O)c6cccc(-c7noc(C(F)(F)F)n7)c6)(c6nc(-c7ccccc7)cs6)CC5)nn4)c3C2=O)C(=O)N1. The van der Waals surface area contributed by atoms with Crippen molar-refractivity contribution in [2.45, 2.75) is 101 Å². The van der Waals surface area contributed by atoms with Crippen molar-refractivity contribution in [1.82, 2.24) is 50.6 Å². The Hall–Kier alpha value is -7.13. The highest BCUT2D eigenvalue weighted by Crippen LogP contribution is 2.39. The number of carbonyl (C=O) groups is 5. The van der Waals surface area contributed by atoms with E-state index in [0.717, 1.165) is 117 Å². The lowest BCUT2D eigenvalue weighted by Gasteiger charge is -2.40. The number of unbranched alkanes of at least 4 members (excludes halogenated alkanes) is 5. The van der Waals surface area contributed by atoms with Gasteiger partial charge in [0.15, 0.2) is 0 Å². The zero-order valence-corrected chi connectivity index (χ0v) is 40.2. The molecule has 6 heterocycles. The molecule has 3 aliphatic rings. The van der Waals surface area contributed by atoms with Gasteiger partial charge in [-0.2, -0.15) is 18.2 Å². The van der Waals surface area contributed by atoms with Gasteiger partial charge in [0, 0.05) is 53.2 Å². The number of likely N-dealkylation sites (tertiary alicyclic amines) is 1. The molecule has 5 amide bonds. The highest BCUT2D eigenvalue weighted by atomic mass is 32.1. The minimum atomic E-state index is -4.78. The molecule has 3 aliphatic heterocycles. The molecule has 3 aromatic heterocycles. The Bertz CT molecular complexity index is 2910. The molecular formula is C51H53F3N10O7S. The molecule has 0 bridgehead atoms. The van der Waals surface area contributed by atoms with Crippen molar-refractivity contribution in [2.75, 3.05) is 32.8 Å². The Morgan fingerprint density at radius 3 is 2.43 bits per heavy atom. The number of aromatic nitrogens is 6. The molecule has 0 aliphatic carbocycles. The van der Waals surface area contributed by atoms with Gasteiger partial charge in [-0.15, -0.1) is 16.4 Å². The predicted molar refractivity (Wildman–Crippen MR) is 257 cm³/mol. The third-order valence-electron chi connectivity index (χ3n) is 13.4. The van der Waals surface area contributed by atoms with E-state index in [-0.39, 0.29) is 46.8 Å². The first-order valence-electron chi connectivity index (χ1n) is 24.2. The van der Waals surface area contributed by atoms with Gasteiger partial charge in [-0.3, -0.25) is 38.9 Å². The van der Waals surface area contributed by atoms with Crippen molar-refractivity contribution >= 4 is 40.9 Å². The van der Waals surface area contributed by atoms with Gasteiger partial charge in [-0.05, 0) is 95.3 Å². The number of thiazole rings is 1. The van der Waals surface area contributed by atoms with Crippen LogP contribution in [0.2, 0.25) is 0 Å². The van der Waals surface area contributed by atoms with Crippen LogP contribution in [0.1, 0.15) is 118 Å². The van der Waals surface area contributed by atoms with E-state index in [1.807, 2.05) is 41.2 Å². The first-order chi connectivity index (χ1) is 34.8. The smallest absolute Gasteiger partial charge is 0.471 e. The fourth-order valence-corrected chi connectivity index (χ4v) is 10.5. The van der Waals surface area contributed by atoms with Crippen LogP contribution in [0.3, 0.4) is 0 Å². The molecule has 2 N–H and O–H groups in total. The van der Waals surface area contributed by atoms with Crippen LogP contribution in [0, 0.1) is 0 Å². The second-order valence-electron chi connectivity index (χ2n) is 18.4. The minimum absolute atomic E-state index is 0.0552. The zero-order chi connectivity index (χ0) is 50.2. The van der Waals surface area contributed by atoms with Crippen molar-refractivity contribution in [3.8, 4) is 28.4 Å². The fourth-order valence-electron chi connectivity index (χ4n) is 9.43. The molecule has 9 rings (SSSR count). The molecule has 2 saturated heterocycles. The molecule has 6 aromatic rings. The van der Waals surface area contributed by atoms with Gasteiger partial charge in [-0.25, -0.2) is 4.98 Å². The Kier molecular flexibility index (Phi) is 15.3. The molecule has 17 nitrogen and oxygen atoms in total. The molecule has 72 heavy (non-hydrogen) atoms. The molecule has 21 heteroatoms. The van der Waals surface area contributed by atoms with Crippen LogP contribution in [0.5, 0.6) is 5.75 Å². The van der Waals surface area contributed by atoms with Gasteiger partial charge in [0.25, 0.3) is 17.7 Å². The van der Waals surface area contributed by atoms with Gasteiger partial charge in [-0.1, -0.05) is 78.2 Å². The molecule has 1 unspecified atom stereocenters. The van der Waals surface area contributed by atoms with E-state index < -0.39 is 47.2 Å². The summed E-state index contributed by atoms with van der Waals surface area (Å²) in [6, 6.07) is 19.9. The number of rotatable bonds is 21. The summed E-state index contributed by atoms with van der Waals surface area (Å²) < 4.78 is 51.6. The molecule has 376 valence electrons. The molecule has 0 saturated carbocycles. The number of nitrogens with zero attached hydrogens (tertiary/aromatic N) is 8. The Balaban J connectivity index is 0.691. The maximum absolute atomic E-state index is 13.6. The largest absolute Gasteiger partial charge is 0.493 e. The number of ether oxygens (including phenoxy) is 1. The van der Waals surface area contributed by atoms with Crippen LogP contribution < -0.4 is 15.4 Å². The van der Waals surface area contributed by atoms with Gasteiger partial charge in [0.2, 0.25) is 17.6 Å². The van der Waals surface area contributed by atoms with Crippen LogP contribution in [-0.4, -0.2) is 108 Å². The number of carbonyl (C=O) groups excluding carboxylic acids is 5. The van der Waals surface area contributed by atoms with E-state index in [1.165, 1.54) is 12.1 Å². The van der Waals surface area contributed by atoms with Crippen LogP contribution in [0.4, 0.5) is 13.2 Å². The first kappa shape index (κ1) is 49.8. The topological polar surface area (TPSA) is 208 Å². The Morgan fingerprint density at radius 1 is 0.875 bits per heavy atom. The Labute approximate surface area is 416 Å². The van der Waals surface area contributed by atoms with Gasteiger partial charge < -0.3 is 19.5 Å². The van der Waals surface area contributed by atoms with E-state index >= 15 is 0 Å². The zero-order valence-electron chi connectivity index (χ0n) is 39.4. The van der Waals surface area contributed by atoms with E-state index in [4.69, 9.17) is 9.72 Å². The van der Waals surface area contributed by atoms with Crippen LogP contribution in [-0.2, 0) is 34.1 Å². The van der Waals surface area contributed by atoms with Gasteiger partial charge in [0.05, 0.1) is 29.1 Å². The maximum atomic E-state index is 13.6. The summed E-state index contributed by atoms with van der Waals surface area (Å²) in [4.78, 5) is 76.0. The van der Waals surface area contributed by atoms with E-state index in [2.05, 4.69) is 45.9 Å². The third-order valence-corrected chi connectivity index (χ3v) is 14.5. The van der Waals surface area contributed by atoms with E-state index in [9.17, 15) is 37.1 Å². The predicted octanol–water partition coefficient (Wildman–Crippen LogP) is 7.69. The summed E-state index contributed by atoms with van der Waals surface area (Å²) in [5, 5.41) is 20.6. The number of nitrogens with one attached hydrogen (secondary N) is 2. The van der Waals surface area contributed by atoms with Crippen molar-refractivity contribution in [3.63, 3.8) is 0 Å². The van der Waals surface area contributed by atoms with Crippen LogP contribution >= 0.6 is 11.3 Å². The van der Waals surface area contributed by atoms with Crippen LogP contribution in [0.15, 0.2) is 88.9 Å². The average molecular weight is 1010 g/mol. The average Bonchev–Trinajstić information content (AvgIpc) is 4.22. The number of halogens is 3. The second-order valence-corrected chi connectivity index (χ2v) is 19.2. The molecule has 2 fully saturated rings. The first-order valence-corrected chi connectivity index (χ1v) is 25.1. The summed E-state index contributed by atoms with van der Waals surface area (Å²) in [5.41, 5.74) is 3.26. The van der Waals surface area contributed by atoms with E-state index in [1.54, 1.807) is 41.7 Å². The molecule has 3 aromatic carbocycles. The number of hydrogen-bond donors (Lipinski definition) is 2.